The maximum absolute atomic E-state index is 12.8. The first-order chi connectivity index (χ1) is 20.7. The van der Waals surface area contributed by atoms with Gasteiger partial charge in [0.25, 0.3) is 0 Å². The van der Waals surface area contributed by atoms with Crippen molar-refractivity contribution in [3.05, 3.63) is 12.2 Å². The average Bonchev–Trinajstić information content (AvgIpc) is 3.00. The van der Waals surface area contributed by atoms with E-state index in [-0.39, 0.29) is 6.42 Å². The molecule has 1 saturated heterocycles. The number of carbonyl (C=O) groups is 1. The van der Waals surface area contributed by atoms with E-state index in [4.69, 9.17) is 9.47 Å². The normalized spacial score (nSPS) is 25.5. The first-order valence-corrected chi connectivity index (χ1v) is 16.6. The predicted molar refractivity (Wildman–Crippen MR) is 164 cm³/mol. The molecule has 0 aromatic carbocycles. The molecule has 43 heavy (non-hydrogen) atoms. The summed E-state index contributed by atoms with van der Waals surface area (Å²) in [5.74, 6) is -0.716. The third-order valence-electron chi connectivity index (χ3n) is 8.07. The molecule has 1 aliphatic heterocycles. The van der Waals surface area contributed by atoms with E-state index in [1.165, 1.54) is 12.8 Å². The van der Waals surface area contributed by atoms with Gasteiger partial charge in [0.1, 0.15) is 36.6 Å². The number of nitrogens with one attached hydrogen (secondary N) is 1. The van der Waals surface area contributed by atoms with Gasteiger partial charge in [0, 0.05) is 0 Å². The molecule has 9 atom stereocenters. The van der Waals surface area contributed by atoms with Crippen molar-refractivity contribution in [1.82, 2.24) is 5.32 Å². The van der Waals surface area contributed by atoms with Gasteiger partial charge in [0.2, 0.25) is 5.91 Å². The van der Waals surface area contributed by atoms with E-state index in [9.17, 15) is 40.5 Å². The highest BCUT2D eigenvalue weighted by atomic mass is 16.7. The number of hydrogen-bond donors (Lipinski definition) is 8. The lowest BCUT2D eigenvalue weighted by Crippen LogP contribution is -2.60. The molecule has 1 heterocycles. The van der Waals surface area contributed by atoms with E-state index in [1.807, 2.05) is 0 Å². The number of hydrogen-bond acceptors (Lipinski definition) is 10. The zero-order valence-corrected chi connectivity index (χ0v) is 26.4. The summed E-state index contributed by atoms with van der Waals surface area (Å²) in [5, 5.41) is 74.4. The number of aliphatic hydroxyl groups excluding tert-OH is 7. The first-order valence-electron chi connectivity index (χ1n) is 16.6. The van der Waals surface area contributed by atoms with E-state index >= 15 is 0 Å². The van der Waals surface area contributed by atoms with E-state index < -0.39 is 74.2 Å². The van der Waals surface area contributed by atoms with Crippen molar-refractivity contribution in [3.8, 4) is 0 Å². The Morgan fingerprint density at radius 1 is 0.791 bits per heavy atom. The molecular weight excluding hydrogens is 558 g/mol. The second kappa shape index (κ2) is 24.1. The molecule has 0 aliphatic carbocycles. The van der Waals surface area contributed by atoms with E-state index in [2.05, 4.69) is 31.3 Å². The minimum Gasteiger partial charge on any atom is -0.394 e. The fourth-order valence-electron chi connectivity index (χ4n) is 5.12. The fraction of sp³-hybridized carbons (Fsp3) is 0.906. The van der Waals surface area contributed by atoms with Gasteiger partial charge in [-0.3, -0.25) is 4.79 Å². The van der Waals surface area contributed by atoms with Crippen molar-refractivity contribution in [2.45, 2.75) is 172 Å². The van der Waals surface area contributed by atoms with Crippen LogP contribution in [0.5, 0.6) is 0 Å². The van der Waals surface area contributed by atoms with Crippen molar-refractivity contribution >= 4 is 5.91 Å². The molecule has 11 nitrogen and oxygen atoms in total. The Labute approximate surface area is 258 Å². The molecule has 0 aromatic heterocycles. The van der Waals surface area contributed by atoms with Gasteiger partial charge in [0.05, 0.1) is 25.4 Å². The standard InChI is InChI=1S/C32H61NO10/c1-3-5-7-9-11-12-13-14-16-18-20-25(36)31(41)33-23(27(37)24(35)19-17-15-10-8-6-4-2)22-42-32-30(40)29(39)28(38)26(21-34)43-32/h9,11,23-30,32,34-40H,3-8,10,12-22H2,1-2H3,(H,33,41)/b11-9-. The Morgan fingerprint density at radius 3 is 2.02 bits per heavy atom. The Kier molecular flexibility index (Phi) is 22.4. The van der Waals surface area contributed by atoms with Crippen LogP contribution >= 0.6 is 0 Å². The molecule has 0 bridgehead atoms. The van der Waals surface area contributed by atoms with Crippen LogP contribution < -0.4 is 5.32 Å². The van der Waals surface area contributed by atoms with E-state index in [0.29, 0.717) is 19.3 Å². The number of carbonyl (C=O) groups excluding carboxylic acids is 1. The average molecular weight is 620 g/mol. The molecule has 1 rings (SSSR count). The van der Waals surface area contributed by atoms with Gasteiger partial charge < -0.3 is 50.5 Å². The van der Waals surface area contributed by atoms with Gasteiger partial charge in [-0.1, -0.05) is 96.6 Å². The Balaban J connectivity index is 2.66. The third-order valence-corrected chi connectivity index (χ3v) is 8.07. The van der Waals surface area contributed by atoms with E-state index in [1.54, 1.807) is 0 Å². The molecule has 8 N–H and O–H groups in total. The summed E-state index contributed by atoms with van der Waals surface area (Å²) in [4.78, 5) is 12.8. The van der Waals surface area contributed by atoms with Crippen LogP contribution in [0.15, 0.2) is 12.2 Å². The highest BCUT2D eigenvalue weighted by Crippen LogP contribution is 2.23. The Bertz CT molecular complexity index is 724. The van der Waals surface area contributed by atoms with Crippen molar-refractivity contribution in [1.29, 1.82) is 0 Å². The van der Waals surface area contributed by atoms with Crippen LogP contribution in [0.4, 0.5) is 0 Å². The molecule has 1 amide bonds. The highest BCUT2D eigenvalue weighted by Gasteiger charge is 2.44. The second-order valence-electron chi connectivity index (χ2n) is 11.9. The van der Waals surface area contributed by atoms with Crippen LogP contribution in [-0.4, -0.2) is 110 Å². The lowest BCUT2D eigenvalue weighted by atomic mass is 9.98. The number of rotatable bonds is 25. The molecule has 9 unspecified atom stereocenters. The summed E-state index contributed by atoms with van der Waals surface area (Å²) in [6, 6.07) is -1.16. The van der Waals surface area contributed by atoms with Gasteiger partial charge >= 0.3 is 0 Å². The summed E-state index contributed by atoms with van der Waals surface area (Å²) in [6.45, 7) is 3.24. The summed E-state index contributed by atoms with van der Waals surface area (Å²) in [6.07, 6.45) is 7.59. The zero-order valence-electron chi connectivity index (χ0n) is 26.4. The van der Waals surface area contributed by atoms with Crippen LogP contribution in [0.3, 0.4) is 0 Å². The number of aliphatic hydroxyl groups is 7. The van der Waals surface area contributed by atoms with Gasteiger partial charge in [-0.2, -0.15) is 0 Å². The van der Waals surface area contributed by atoms with Crippen LogP contribution in [0.25, 0.3) is 0 Å². The molecule has 11 heteroatoms. The topological polar surface area (TPSA) is 189 Å². The van der Waals surface area contributed by atoms with Gasteiger partial charge in [-0.25, -0.2) is 0 Å². The van der Waals surface area contributed by atoms with Crippen LogP contribution in [0.2, 0.25) is 0 Å². The quantitative estimate of drug-likeness (QED) is 0.0556. The molecule has 0 spiro atoms. The summed E-state index contributed by atoms with van der Waals surface area (Å²) in [7, 11) is 0. The number of ether oxygens (including phenoxy) is 2. The van der Waals surface area contributed by atoms with Crippen molar-refractivity contribution < 1.29 is 50.0 Å². The molecular formula is C32H61NO10. The smallest absolute Gasteiger partial charge is 0.249 e. The minimum absolute atomic E-state index is 0.245. The number of amides is 1. The van der Waals surface area contributed by atoms with Crippen LogP contribution in [0.1, 0.15) is 117 Å². The lowest BCUT2D eigenvalue weighted by molar-refractivity contribution is -0.303. The van der Waals surface area contributed by atoms with E-state index in [0.717, 1.165) is 64.2 Å². The maximum atomic E-state index is 12.8. The van der Waals surface area contributed by atoms with Gasteiger partial charge in [0.15, 0.2) is 6.29 Å². The zero-order chi connectivity index (χ0) is 32.0. The van der Waals surface area contributed by atoms with Gasteiger partial charge in [-0.05, 0) is 32.1 Å². The molecule has 1 fully saturated rings. The first kappa shape index (κ1) is 39.9. The molecule has 0 radical (unpaired) electrons. The monoisotopic (exact) mass is 619 g/mol. The molecule has 0 saturated carbocycles. The maximum Gasteiger partial charge on any atom is 0.249 e. The second-order valence-corrected chi connectivity index (χ2v) is 11.9. The lowest BCUT2D eigenvalue weighted by Gasteiger charge is -2.40. The highest BCUT2D eigenvalue weighted by molar-refractivity contribution is 5.80. The summed E-state index contributed by atoms with van der Waals surface area (Å²) >= 11 is 0. The SMILES string of the molecule is CCCC/C=C\CCCCCCC(O)C(=O)NC(COC1OC(CO)C(O)C(O)C1O)C(O)C(O)CCCCCCCC. The van der Waals surface area contributed by atoms with Crippen LogP contribution in [0, 0.1) is 0 Å². The molecule has 254 valence electrons. The van der Waals surface area contributed by atoms with Crippen molar-refractivity contribution in [3.63, 3.8) is 0 Å². The third kappa shape index (κ3) is 16.1. The van der Waals surface area contributed by atoms with Gasteiger partial charge in [-0.15, -0.1) is 0 Å². The summed E-state index contributed by atoms with van der Waals surface area (Å²) < 4.78 is 10.9. The van der Waals surface area contributed by atoms with Crippen molar-refractivity contribution in [2.75, 3.05) is 13.2 Å². The van der Waals surface area contributed by atoms with Crippen molar-refractivity contribution in [2.24, 2.45) is 0 Å². The largest absolute Gasteiger partial charge is 0.394 e. The summed E-state index contributed by atoms with van der Waals surface area (Å²) in [5.41, 5.74) is 0. The predicted octanol–water partition coefficient (Wildman–Crippen LogP) is 2.21. The number of allylic oxidation sites excluding steroid dienone is 2. The number of unbranched alkanes of at least 4 members (excludes halogenated alkanes) is 11. The fourth-order valence-corrected chi connectivity index (χ4v) is 5.12. The Morgan fingerprint density at radius 2 is 1.37 bits per heavy atom. The minimum atomic E-state index is -1.66. The van der Waals surface area contributed by atoms with Crippen LogP contribution in [-0.2, 0) is 14.3 Å². The Hall–Kier alpha value is -1.15. The molecule has 0 aromatic rings. The molecule has 1 aliphatic rings.